The van der Waals surface area contributed by atoms with Crippen molar-refractivity contribution in [1.29, 1.82) is 0 Å². The maximum absolute atomic E-state index is 11.4. The summed E-state index contributed by atoms with van der Waals surface area (Å²) in [4.78, 5) is 11.4. The van der Waals surface area contributed by atoms with Gasteiger partial charge in [0.15, 0.2) is 0 Å². The molecule has 1 aliphatic heterocycles. The molecule has 0 saturated carbocycles. The minimum atomic E-state index is 0.00939. The zero-order chi connectivity index (χ0) is 13.7. The van der Waals surface area contributed by atoms with Gasteiger partial charge in [0.1, 0.15) is 0 Å². The average molecular weight is 282 g/mol. The topological polar surface area (TPSA) is 53.2 Å². The van der Waals surface area contributed by atoms with Gasteiger partial charge in [0.2, 0.25) is 5.91 Å². The highest BCUT2D eigenvalue weighted by molar-refractivity contribution is 6.33. The second-order valence-electron chi connectivity index (χ2n) is 4.76. The number of nitrogens with one attached hydrogen (secondary N) is 3. The molecule has 0 spiro atoms. The molecule has 3 N–H and O–H groups in total. The SMILES string of the molecule is CCC(=O)Nc1ccc(Cl)c(NC2CCNCC2)c1. The Morgan fingerprint density at radius 2 is 2.16 bits per heavy atom. The van der Waals surface area contributed by atoms with Crippen LogP contribution in [0, 0.1) is 0 Å². The van der Waals surface area contributed by atoms with Crippen LogP contribution in [0.2, 0.25) is 5.02 Å². The molecular weight excluding hydrogens is 262 g/mol. The number of rotatable bonds is 4. The Morgan fingerprint density at radius 1 is 1.42 bits per heavy atom. The third-order valence-electron chi connectivity index (χ3n) is 3.27. The van der Waals surface area contributed by atoms with Crippen LogP contribution in [-0.4, -0.2) is 25.0 Å². The summed E-state index contributed by atoms with van der Waals surface area (Å²) in [5.74, 6) is 0.00939. The van der Waals surface area contributed by atoms with Gasteiger partial charge in [-0.15, -0.1) is 0 Å². The molecule has 1 aromatic rings. The van der Waals surface area contributed by atoms with Crippen molar-refractivity contribution in [2.75, 3.05) is 23.7 Å². The van der Waals surface area contributed by atoms with Crippen molar-refractivity contribution < 1.29 is 4.79 Å². The van der Waals surface area contributed by atoms with E-state index in [0.717, 1.165) is 37.3 Å². The normalized spacial score (nSPS) is 16.1. The number of anilines is 2. The van der Waals surface area contributed by atoms with Crippen LogP contribution < -0.4 is 16.0 Å². The van der Waals surface area contributed by atoms with Crippen LogP contribution in [-0.2, 0) is 4.79 Å². The lowest BCUT2D eigenvalue weighted by Crippen LogP contribution is -2.35. The molecule has 0 bridgehead atoms. The Kier molecular flexibility index (Phi) is 5.05. The fourth-order valence-electron chi connectivity index (χ4n) is 2.15. The quantitative estimate of drug-likeness (QED) is 0.795. The predicted molar refractivity (Wildman–Crippen MR) is 79.9 cm³/mol. The Hall–Kier alpha value is -1.26. The Bertz CT molecular complexity index is 444. The second kappa shape index (κ2) is 6.78. The molecule has 0 aliphatic carbocycles. The first-order valence-corrected chi connectivity index (χ1v) is 7.13. The molecule has 4 nitrogen and oxygen atoms in total. The predicted octanol–water partition coefficient (Wildman–Crippen LogP) is 2.85. The molecule has 1 heterocycles. The van der Waals surface area contributed by atoms with Crippen LogP contribution in [0.3, 0.4) is 0 Å². The fourth-order valence-corrected chi connectivity index (χ4v) is 2.32. The van der Waals surface area contributed by atoms with E-state index in [-0.39, 0.29) is 5.91 Å². The van der Waals surface area contributed by atoms with Gasteiger partial charge in [-0.3, -0.25) is 4.79 Å². The Balaban J connectivity index is 2.05. The molecule has 0 radical (unpaired) electrons. The minimum Gasteiger partial charge on any atom is -0.381 e. The highest BCUT2D eigenvalue weighted by Crippen LogP contribution is 2.27. The van der Waals surface area contributed by atoms with Gasteiger partial charge in [0.05, 0.1) is 10.7 Å². The number of halogens is 1. The first-order valence-electron chi connectivity index (χ1n) is 6.75. The van der Waals surface area contributed by atoms with E-state index in [9.17, 15) is 4.79 Å². The van der Waals surface area contributed by atoms with Gasteiger partial charge in [-0.05, 0) is 44.1 Å². The van der Waals surface area contributed by atoms with Crippen molar-refractivity contribution in [3.05, 3.63) is 23.2 Å². The standard InChI is InChI=1S/C14H20ClN3O/c1-2-14(19)18-11-3-4-12(15)13(9-11)17-10-5-7-16-8-6-10/h3-4,9-10,16-17H,2,5-8H2,1H3,(H,18,19). The maximum atomic E-state index is 11.4. The van der Waals surface area contributed by atoms with Crippen molar-refractivity contribution in [1.82, 2.24) is 5.32 Å². The molecule has 1 aromatic carbocycles. The summed E-state index contributed by atoms with van der Waals surface area (Å²) in [5.41, 5.74) is 1.68. The van der Waals surface area contributed by atoms with Crippen LogP contribution >= 0.6 is 11.6 Å². The van der Waals surface area contributed by atoms with Crippen LogP contribution in [0.15, 0.2) is 18.2 Å². The molecule has 1 amide bonds. The Morgan fingerprint density at radius 3 is 2.84 bits per heavy atom. The first-order chi connectivity index (χ1) is 9.19. The van der Waals surface area contributed by atoms with E-state index in [1.807, 2.05) is 25.1 Å². The Labute approximate surface area is 118 Å². The zero-order valence-electron chi connectivity index (χ0n) is 11.1. The van der Waals surface area contributed by atoms with Gasteiger partial charge in [-0.2, -0.15) is 0 Å². The van der Waals surface area contributed by atoms with Crippen molar-refractivity contribution in [2.24, 2.45) is 0 Å². The third kappa shape index (κ3) is 4.11. The van der Waals surface area contributed by atoms with E-state index in [0.29, 0.717) is 17.5 Å². The molecule has 1 fully saturated rings. The van der Waals surface area contributed by atoms with Crippen molar-refractivity contribution in [3.63, 3.8) is 0 Å². The summed E-state index contributed by atoms with van der Waals surface area (Å²) in [6.45, 7) is 3.89. The van der Waals surface area contributed by atoms with E-state index in [1.165, 1.54) is 0 Å². The number of carbonyl (C=O) groups excluding carboxylic acids is 1. The summed E-state index contributed by atoms with van der Waals surface area (Å²) in [6.07, 6.45) is 2.64. The average Bonchev–Trinajstić information content (AvgIpc) is 2.43. The van der Waals surface area contributed by atoms with Gasteiger partial charge >= 0.3 is 0 Å². The summed E-state index contributed by atoms with van der Waals surface area (Å²) in [7, 11) is 0. The van der Waals surface area contributed by atoms with E-state index in [1.54, 1.807) is 0 Å². The number of benzene rings is 1. The smallest absolute Gasteiger partial charge is 0.224 e. The van der Waals surface area contributed by atoms with Gasteiger partial charge in [-0.25, -0.2) is 0 Å². The molecule has 1 saturated heterocycles. The first kappa shape index (κ1) is 14.2. The lowest BCUT2D eigenvalue weighted by Gasteiger charge is -2.25. The second-order valence-corrected chi connectivity index (χ2v) is 5.17. The van der Waals surface area contributed by atoms with Crippen LogP contribution in [0.5, 0.6) is 0 Å². The minimum absolute atomic E-state index is 0.00939. The van der Waals surface area contributed by atoms with E-state index in [4.69, 9.17) is 11.6 Å². The number of carbonyl (C=O) groups is 1. The van der Waals surface area contributed by atoms with Gasteiger partial charge in [0, 0.05) is 18.2 Å². The summed E-state index contributed by atoms with van der Waals surface area (Å²) in [6, 6.07) is 5.98. The van der Waals surface area contributed by atoms with Crippen molar-refractivity contribution >= 4 is 28.9 Å². The molecule has 1 aliphatic rings. The van der Waals surface area contributed by atoms with E-state index < -0.39 is 0 Å². The maximum Gasteiger partial charge on any atom is 0.224 e. The molecule has 2 rings (SSSR count). The summed E-state index contributed by atoms with van der Waals surface area (Å²) >= 11 is 6.20. The van der Waals surface area contributed by atoms with Gasteiger partial charge < -0.3 is 16.0 Å². The van der Waals surface area contributed by atoms with Crippen LogP contribution in [0.1, 0.15) is 26.2 Å². The molecule has 0 unspecified atom stereocenters. The number of hydrogen-bond acceptors (Lipinski definition) is 3. The highest BCUT2D eigenvalue weighted by atomic mass is 35.5. The molecule has 19 heavy (non-hydrogen) atoms. The van der Waals surface area contributed by atoms with Crippen molar-refractivity contribution in [3.8, 4) is 0 Å². The summed E-state index contributed by atoms with van der Waals surface area (Å²) in [5, 5.41) is 10.3. The number of hydrogen-bond donors (Lipinski definition) is 3. The van der Waals surface area contributed by atoms with E-state index >= 15 is 0 Å². The largest absolute Gasteiger partial charge is 0.381 e. The fraction of sp³-hybridized carbons (Fsp3) is 0.500. The molecule has 104 valence electrons. The third-order valence-corrected chi connectivity index (χ3v) is 3.60. The highest BCUT2D eigenvalue weighted by Gasteiger charge is 2.14. The van der Waals surface area contributed by atoms with Crippen LogP contribution in [0.25, 0.3) is 0 Å². The summed E-state index contributed by atoms with van der Waals surface area (Å²) < 4.78 is 0. The molecule has 5 heteroatoms. The lowest BCUT2D eigenvalue weighted by molar-refractivity contribution is -0.115. The van der Waals surface area contributed by atoms with Crippen LogP contribution in [0.4, 0.5) is 11.4 Å². The molecule has 0 atom stereocenters. The zero-order valence-corrected chi connectivity index (χ0v) is 11.9. The number of piperidine rings is 1. The van der Waals surface area contributed by atoms with Gasteiger partial charge in [-0.1, -0.05) is 18.5 Å². The van der Waals surface area contributed by atoms with Gasteiger partial charge in [0.25, 0.3) is 0 Å². The molecule has 0 aromatic heterocycles. The number of amides is 1. The van der Waals surface area contributed by atoms with E-state index in [2.05, 4.69) is 16.0 Å². The van der Waals surface area contributed by atoms with Crippen molar-refractivity contribution in [2.45, 2.75) is 32.2 Å². The molecular formula is C14H20ClN3O. The lowest BCUT2D eigenvalue weighted by atomic mass is 10.1. The monoisotopic (exact) mass is 281 g/mol.